The number of furan rings is 3. The van der Waals surface area contributed by atoms with Crippen LogP contribution in [0, 0.1) is 5.82 Å². The highest BCUT2D eigenvalue weighted by molar-refractivity contribution is 6.19. The van der Waals surface area contributed by atoms with Crippen LogP contribution in [0.3, 0.4) is 0 Å². The van der Waals surface area contributed by atoms with Crippen molar-refractivity contribution in [1.82, 2.24) is 29.1 Å². The number of halogens is 1. The number of aromatic nitrogens is 6. The first kappa shape index (κ1) is 44.4. The molecule has 17 aromatic rings. The maximum Gasteiger partial charge on any atom is 0.236 e. The first-order valence-corrected chi connectivity index (χ1v) is 25.9. The second-order valence-electron chi connectivity index (χ2n) is 19.5. The highest BCUT2D eigenvalue weighted by atomic mass is 19.1. The second-order valence-corrected chi connectivity index (χ2v) is 19.5. The third-order valence-corrected chi connectivity index (χ3v) is 15.1. The van der Waals surface area contributed by atoms with E-state index in [0.29, 0.717) is 56.4 Å². The van der Waals surface area contributed by atoms with Gasteiger partial charge in [0.2, 0.25) is 11.9 Å². The summed E-state index contributed by atoms with van der Waals surface area (Å²) >= 11 is 0. The lowest BCUT2D eigenvalue weighted by atomic mass is 10.0. The van der Waals surface area contributed by atoms with Crippen LogP contribution in [0.2, 0.25) is 0 Å². The Hall–Kier alpha value is -10.9. The molecule has 7 heterocycles. The molecule has 0 aliphatic heterocycles. The van der Waals surface area contributed by atoms with E-state index in [-0.39, 0.29) is 11.3 Å². The normalized spacial score (nSPS) is 11.9. The smallest absolute Gasteiger partial charge is 0.236 e. The van der Waals surface area contributed by atoms with E-state index in [2.05, 4.69) is 112 Å². The zero-order chi connectivity index (χ0) is 52.3. The van der Waals surface area contributed by atoms with Crippen molar-refractivity contribution in [2.45, 2.75) is 0 Å². The molecule has 0 amide bonds. The number of hydrogen-bond acceptors (Lipinski definition) is 8. The van der Waals surface area contributed by atoms with Gasteiger partial charge in [0.1, 0.15) is 33.8 Å². The Morgan fingerprint density at radius 1 is 0.316 bits per heavy atom. The van der Waals surface area contributed by atoms with Crippen molar-refractivity contribution >= 4 is 110 Å². The molecule has 1 N–H and O–H groups in total. The molecule has 79 heavy (non-hydrogen) atoms. The summed E-state index contributed by atoms with van der Waals surface area (Å²) in [4.78, 5) is 20.4. The number of phenols is 1. The van der Waals surface area contributed by atoms with Gasteiger partial charge in [0.15, 0.2) is 33.7 Å². The van der Waals surface area contributed by atoms with Gasteiger partial charge in [0.25, 0.3) is 0 Å². The number of hydrogen-bond donors (Lipinski definition) is 1. The molecule has 0 bridgehead atoms. The molecule has 372 valence electrons. The zero-order valence-electron chi connectivity index (χ0n) is 41.7. The SMILES string of the molecule is Oc1c(-c2ccccc2F)ccc2c1oc1c(-c3ccccc3)nc(-n3c4ccccc4c4ccccc43)nc12.c1ccc(-c2nc(-n3c4ccccc4c4ccccc43)nc3c2oc2c3ccc3c4ccccc4oc32)cc1. The van der Waals surface area contributed by atoms with Crippen LogP contribution in [0.4, 0.5) is 4.39 Å². The Kier molecular flexibility index (Phi) is 9.73. The van der Waals surface area contributed by atoms with Crippen LogP contribution in [-0.2, 0) is 0 Å². The van der Waals surface area contributed by atoms with Crippen molar-refractivity contribution in [2.24, 2.45) is 0 Å². The van der Waals surface area contributed by atoms with Gasteiger partial charge < -0.3 is 18.4 Å². The van der Waals surface area contributed by atoms with E-state index in [1.165, 1.54) is 16.8 Å². The van der Waals surface area contributed by atoms with Gasteiger partial charge in [-0.15, -0.1) is 0 Å². The fourth-order valence-corrected chi connectivity index (χ4v) is 11.5. The molecule has 0 atom stereocenters. The van der Waals surface area contributed by atoms with Crippen molar-refractivity contribution < 1.29 is 22.7 Å². The molecule has 10 aromatic carbocycles. The number of phenolic OH excluding ortho intramolecular Hbond substituents is 1. The van der Waals surface area contributed by atoms with Crippen molar-refractivity contribution in [3.63, 3.8) is 0 Å². The van der Waals surface area contributed by atoms with Crippen molar-refractivity contribution in [2.75, 3.05) is 0 Å². The molecule has 17 rings (SSSR count). The number of aromatic hydroxyl groups is 1. The Balaban J connectivity index is 0.000000132. The maximum atomic E-state index is 14.6. The standard InChI is InChI=1S/C34H20FN3O2.C34H19N3O2/c35-26-15-7-4-12-21(26)24-18-19-25-30-33(40-32(25)31(24)39)29(20-10-2-1-3-11-20)36-34(37-30)38-27-16-8-5-13-22(27)23-14-6-9-17-28(23)38;1-2-10-20(11-3-1)29-33-30(25-19-18-24-23-14-6-9-17-28(23)38-31(24)32(25)39-33)36-34(35-29)37-26-15-7-4-12-21(26)22-13-5-8-16-27(22)37/h1-19,39H;1-19H. The highest BCUT2D eigenvalue weighted by Crippen LogP contribution is 2.45. The van der Waals surface area contributed by atoms with Gasteiger partial charge in [-0.3, -0.25) is 9.13 Å². The first-order valence-electron chi connectivity index (χ1n) is 25.9. The van der Waals surface area contributed by atoms with Crippen LogP contribution >= 0.6 is 0 Å². The molecule has 0 saturated carbocycles. The Bertz CT molecular complexity index is 5200. The van der Waals surface area contributed by atoms with E-state index in [0.717, 1.165) is 82.5 Å². The van der Waals surface area contributed by atoms with E-state index >= 15 is 0 Å². The third-order valence-electron chi connectivity index (χ3n) is 15.1. The average Bonchev–Trinajstić information content (AvgIpc) is 4.47. The fourth-order valence-electron chi connectivity index (χ4n) is 11.5. The summed E-state index contributed by atoms with van der Waals surface area (Å²) in [5, 5.41) is 19.5. The number of benzene rings is 10. The van der Waals surface area contributed by atoms with Crippen LogP contribution in [-0.4, -0.2) is 34.2 Å². The molecule has 0 radical (unpaired) electrons. The minimum Gasteiger partial charge on any atom is -0.504 e. The Morgan fingerprint density at radius 2 is 0.722 bits per heavy atom. The zero-order valence-corrected chi connectivity index (χ0v) is 41.7. The van der Waals surface area contributed by atoms with Crippen molar-refractivity contribution in [3.8, 4) is 51.3 Å². The maximum absolute atomic E-state index is 14.6. The monoisotopic (exact) mass is 1020 g/mol. The van der Waals surface area contributed by atoms with Crippen molar-refractivity contribution in [3.05, 3.63) is 236 Å². The second kappa shape index (κ2) is 17.3. The summed E-state index contributed by atoms with van der Waals surface area (Å²) < 4.78 is 38.1. The molecule has 0 aliphatic rings. The summed E-state index contributed by atoms with van der Waals surface area (Å²) in [5.41, 5.74) is 12.8. The lowest BCUT2D eigenvalue weighted by Crippen LogP contribution is -2.02. The molecular weight excluding hydrogens is 984 g/mol. The van der Waals surface area contributed by atoms with Gasteiger partial charge >= 0.3 is 0 Å². The lowest BCUT2D eigenvalue weighted by Gasteiger charge is -2.09. The summed E-state index contributed by atoms with van der Waals surface area (Å²) in [6.45, 7) is 0. The minimum atomic E-state index is -0.424. The predicted molar refractivity (Wildman–Crippen MR) is 313 cm³/mol. The topological polar surface area (TPSA) is 121 Å². The average molecular weight is 1020 g/mol. The van der Waals surface area contributed by atoms with Gasteiger partial charge in [-0.05, 0) is 60.7 Å². The summed E-state index contributed by atoms with van der Waals surface area (Å²) in [5.74, 6) is 0.528. The minimum absolute atomic E-state index is 0.141. The Morgan fingerprint density at radius 3 is 1.25 bits per heavy atom. The molecule has 10 nitrogen and oxygen atoms in total. The molecule has 0 saturated heterocycles. The van der Waals surface area contributed by atoms with Crippen LogP contribution in [0.15, 0.2) is 244 Å². The fraction of sp³-hybridized carbons (Fsp3) is 0. The molecule has 0 unspecified atom stereocenters. The number of nitrogens with zero attached hydrogens (tertiary/aromatic N) is 6. The number of para-hydroxylation sites is 5. The van der Waals surface area contributed by atoms with Crippen LogP contribution in [0.1, 0.15) is 0 Å². The van der Waals surface area contributed by atoms with Gasteiger partial charge in [-0.2, -0.15) is 0 Å². The third kappa shape index (κ3) is 6.76. The molecular formula is C68H39FN6O4. The van der Waals surface area contributed by atoms with Gasteiger partial charge in [0, 0.05) is 54.6 Å². The molecule has 7 aromatic heterocycles. The van der Waals surface area contributed by atoms with Gasteiger partial charge in [0.05, 0.1) is 32.8 Å². The molecule has 11 heteroatoms. The van der Waals surface area contributed by atoms with E-state index in [1.807, 2.05) is 97.1 Å². The summed E-state index contributed by atoms with van der Waals surface area (Å²) in [6.07, 6.45) is 0. The highest BCUT2D eigenvalue weighted by Gasteiger charge is 2.26. The van der Waals surface area contributed by atoms with Crippen LogP contribution in [0.25, 0.3) is 155 Å². The number of rotatable bonds is 5. The van der Waals surface area contributed by atoms with Crippen LogP contribution in [0.5, 0.6) is 5.75 Å². The predicted octanol–water partition coefficient (Wildman–Crippen LogP) is 17.7. The Labute approximate surface area is 447 Å². The van der Waals surface area contributed by atoms with E-state index in [1.54, 1.807) is 24.3 Å². The quantitative estimate of drug-likeness (QED) is 0.181. The van der Waals surface area contributed by atoms with Crippen molar-refractivity contribution in [1.29, 1.82) is 0 Å². The summed E-state index contributed by atoms with van der Waals surface area (Å²) in [6, 6.07) is 75.2. The van der Waals surface area contributed by atoms with E-state index in [9.17, 15) is 9.50 Å². The van der Waals surface area contributed by atoms with E-state index < -0.39 is 5.82 Å². The number of fused-ring (bicyclic) bond motifs is 16. The summed E-state index contributed by atoms with van der Waals surface area (Å²) in [7, 11) is 0. The van der Waals surface area contributed by atoms with Crippen LogP contribution < -0.4 is 0 Å². The largest absolute Gasteiger partial charge is 0.504 e. The molecule has 0 aliphatic carbocycles. The molecule has 0 spiro atoms. The van der Waals surface area contributed by atoms with Gasteiger partial charge in [-0.1, -0.05) is 170 Å². The van der Waals surface area contributed by atoms with E-state index in [4.69, 9.17) is 33.2 Å². The lowest BCUT2D eigenvalue weighted by molar-refractivity contribution is 0.470. The van der Waals surface area contributed by atoms with Gasteiger partial charge in [-0.25, -0.2) is 24.3 Å². The molecule has 0 fully saturated rings. The first-order chi connectivity index (χ1) is 39.0.